The maximum Gasteiger partial charge on any atom is 0.125 e. The van der Waals surface area contributed by atoms with Crippen molar-refractivity contribution >= 4 is 5.82 Å². The molecular formula is C14H24N4. The van der Waals surface area contributed by atoms with Crippen LogP contribution in [0, 0.1) is 5.92 Å². The SMILES string of the molecule is CNc1cc(CN2CC(C)C(N(C)C)C2)ccn1. The van der Waals surface area contributed by atoms with E-state index in [9.17, 15) is 0 Å². The molecule has 100 valence electrons. The molecule has 1 N–H and O–H groups in total. The van der Waals surface area contributed by atoms with E-state index in [1.54, 1.807) is 0 Å². The summed E-state index contributed by atoms with van der Waals surface area (Å²) in [6.45, 7) is 5.70. The Balaban J connectivity index is 1.98. The van der Waals surface area contributed by atoms with Crippen molar-refractivity contribution in [2.45, 2.75) is 19.5 Å². The second kappa shape index (κ2) is 5.67. The van der Waals surface area contributed by atoms with Gasteiger partial charge in [0.05, 0.1) is 0 Å². The van der Waals surface area contributed by atoms with Crippen LogP contribution in [0.4, 0.5) is 5.82 Å². The Morgan fingerprint density at radius 3 is 2.83 bits per heavy atom. The highest BCUT2D eigenvalue weighted by molar-refractivity contribution is 5.36. The third kappa shape index (κ3) is 3.00. The van der Waals surface area contributed by atoms with Crippen molar-refractivity contribution in [1.82, 2.24) is 14.8 Å². The van der Waals surface area contributed by atoms with E-state index in [-0.39, 0.29) is 0 Å². The number of hydrogen-bond acceptors (Lipinski definition) is 4. The topological polar surface area (TPSA) is 31.4 Å². The number of aromatic nitrogens is 1. The number of nitrogens with zero attached hydrogens (tertiary/aromatic N) is 3. The van der Waals surface area contributed by atoms with Gasteiger partial charge in [-0.3, -0.25) is 4.90 Å². The molecule has 1 aromatic rings. The number of likely N-dealkylation sites (N-methyl/N-ethyl adjacent to an activating group) is 1. The quantitative estimate of drug-likeness (QED) is 0.875. The summed E-state index contributed by atoms with van der Waals surface area (Å²) in [6.07, 6.45) is 1.88. The fourth-order valence-corrected chi connectivity index (χ4v) is 2.82. The van der Waals surface area contributed by atoms with E-state index in [1.165, 1.54) is 12.1 Å². The van der Waals surface area contributed by atoms with Crippen LogP contribution in [0.5, 0.6) is 0 Å². The molecule has 0 amide bonds. The molecule has 4 heteroatoms. The number of hydrogen-bond donors (Lipinski definition) is 1. The fraction of sp³-hybridized carbons (Fsp3) is 0.643. The average molecular weight is 248 g/mol. The van der Waals surface area contributed by atoms with Gasteiger partial charge in [-0.1, -0.05) is 6.92 Å². The van der Waals surface area contributed by atoms with Gasteiger partial charge < -0.3 is 10.2 Å². The molecular weight excluding hydrogens is 224 g/mol. The van der Waals surface area contributed by atoms with Gasteiger partial charge in [0.2, 0.25) is 0 Å². The van der Waals surface area contributed by atoms with Crippen LogP contribution in [0.15, 0.2) is 18.3 Å². The molecule has 1 aromatic heterocycles. The highest BCUT2D eigenvalue weighted by atomic mass is 15.2. The third-order valence-corrected chi connectivity index (χ3v) is 3.80. The first-order valence-electron chi connectivity index (χ1n) is 6.61. The van der Waals surface area contributed by atoms with Crippen molar-refractivity contribution in [1.29, 1.82) is 0 Å². The second-order valence-corrected chi connectivity index (χ2v) is 5.50. The molecule has 1 aliphatic heterocycles. The minimum Gasteiger partial charge on any atom is -0.373 e. The summed E-state index contributed by atoms with van der Waals surface area (Å²) in [4.78, 5) is 9.13. The zero-order valence-corrected chi connectivity index (χ0v) is 11.8. The summed E-state index contributed by atoms with van der Waals surface area (Å²) in [5.41, 5.74) is 1.33. The lowest BCUT2D eigenvalue weighted by molar-refractivity contribution is 0.250. The minimum absolute atomic E-state index is 0.676. The van der Waals surface area contributed by atoms with Gasteiger partial charge in [-0.15, -0.1) is 0 Å². The Labute approximate surface area is 110 Å². The molecule has 0 radical (unpaired) electrons. The maximum absolute atomic E-state index is 4.25. The van der Waals surface area contributed by atoms with Crippen LogP contribution in [-0.4, -0.2) is 55.1 Å². The monoisotopic (exact) mass is 248 g/mol. The van der Waals surface area contributed by atoms with Crippen molar-refractivity contribution < 1.29 is 0 Å². The molecule has 0 aliphatic carbocycles. The number of likely N-dealkylation sites (tertiary alicyclic amines) is 1. The Kier molecular flexibility index (Phi) is 4.19. The molecule has 0 spiro atoms. The van der Waals surface area contributed by atoms with Crippen molar-refractivity contribution in [3.05, 3.63) is 23.9 Å². The molecule has 2 heterocycles. The van der Waals surface area contributed by atoms with Crippen LogP contribution in [0.2, 0.25) is 0 Å². The van der Waals surface area contributed by atoms with Crippen molar-refractivity contribution in [2.75, 3.05) is 39.5 Å². The molecule has 2 atom stereocenters. The van der Waals surface area contributed by atoms with Gasteiger partial charge in [0, 0.05) is 38.9 Å². The summed E-state index contributed by atoms with van der Waals surface area (Å²) in [5.74, 6) is 1.69. The summed E-state index contributed by atoms with van der Waals surface area (Å²) in [7, 11) is 6.26. The van der Waals surface area contributed by atoms with E-state index in [0.29, 0.717) is 6.04 Å². The predicted octanol–water partition coefficient (Wildman–Crippen LogP) is 1.51. The van der Waals surface area contributed by atoms with E-state index in [4.69, 9.17) is 0 Å². The van der Waals surface area contributed by atoms with Crippen LogP contribution in [-0.2, 0) is 6.54 Å². The summed E-state index contributed by atoms with van der Waals surface area (Å²) in [5, 5.41) is 3.09. The molecule has 1 fully saturated rings. The molecule has 18 heavy (non-hydrogen) atoms. The zero-order chi connectivity index (χ0) is 13.1. The second-order valence-electron chi connectivity index (χ2n) is 5.50. The first-order valence-corrected chi connectivity index (χ1v) is 6.61. The molecule has 1 aliphatic rings. The zero-order valence-electron chi connectivity index (χ0n) is 11.8. The first kappa shape index (κ1) is 13.3. The van der Waals surface area contributed by atoms with Gasteiger partial charge in [-0.05, 0) is 37.7 Å². The summed E-state index contributed by atoms with van der Waals surface area (Å²) < 4.78 is 0. The largest absolute Gasteiger partial charge is 0.373 e. The smallest absolute Gasteiger partial charge is 0.125 e. The Morgan fingerprint density at radius 2 is 2.22 bits per heavy atom. The number of nitrogens with one attached hydrogen (secondary N) is 1. The van der Waals surface area contributed by atoms with Gasteiger partial charge in [-0.2, -0.15) is 0 Å². The molecule has 1 saturated heterocycles. The van der Waals surface area contributed by atoms with Crippen LogP contribution in [0.1, 0.15) is 12.5 Å². The Morgan fingerprint density at radius 1 is 1.44 bits per heavy atom. The number of anilines is 1. The highest BCUT2D eigenvalue weighted by Crippen LogP contribution is 2.22. The molecule has 0 aromatic carbocycles. The average Bonchev–Trinajstić information content (AvgIpc) is 2.70. The maximum atomic E-state index is 4.25. The van der Waals surface area contributed by atoms with Gasteiger partial charge >= 0.3 is 0 Å². The van der Waals surface area contributed by atoms with Gasteiger partial charge in [0.25, 0.3) is 0 Å². The van der Waals surface area contributed by atoms with Crippen LogP contribution in [0.25, 0.3) is 0 Å². The van der Waals surface area contributed by atoms with E-state index in [2.05, 4.69) is 53.3 Å². The normalized spacial score (nSPS) is 24.7. The Bertz CT molecular complexity index is 391. The van der Waals surface area contributed by atoms with Crippen LogP contribution < -0.4 is 5.32 Å². The predicted molar refractivity (Wildman–Crippen MR) is 75.7 cm³/mol. The lowest BCUT2D eigenvalue weighted by Gasteiger charge is -2.22. The lowest BCUT2D eigenvalue weighted by atomic mass is 10.1. The van der Waals surface area contributed by atoms with E-state index < -0.39 is 0 Å². The van der Waals surface area contributed by atoms with Crippen molar-refractivity contribution in [3.63, 3.8) is 0 Å². The van der Waals surface area contributed by atoms with Crippen molar-refractivity contribution in [3.8, 4) is 0 Å². The highest BCUT2D eigenvalue weighted by Gasteiger charge is 2.30. The van der Waals surface area contributed by atoms with E-state index >= 15 is 0 Å². The van der Waals surface area contributed by atoms with Gasteiger partial charge in [-0.25, -0.2) is 4.98 Å². The molecule has 0 bridgehead atoms. The lowest BCUT2D eigenvalue weighted by Crippen LogP contribution is -2.34. The molecule has 2 rings (SSSR count). The molecule has 2 unspecified atom stereocenters. The Hall–Kier alpha value is -1.13. The van der Waals surface area contributed by atoms with Crippen molar-refractivity contribution in [2.24, 2.45) is 5.92 Å². The minimum atomic E-state index is 0.676. The number of rotatable bonds is 4. The van der Waals surface area contributed by atoms with Crippen LogP contribution >= 0.6 is 0 Å². The first-order chi connectivity index (χ1) is 8.60. The standard InChI is InChI=1S/C14H24N4/c1-11-8-18(10-13(11)17(3)4)9-12-5-6-16-14(7-12)15-2/h5-7,11,13H,8-10H2,1-4H3,(H,15,16). The number of pyridine rings is 1. The molecule has 0 saturated carbocycles. The third-order valence-electron chi connectivity index (χ3n) is 3.80. The summed E-state index contributed by atoms with van der Waals surface area (Å²) in [6, 6.07) is 4.91. The fourth-order valence-electron chi connectivity index (χ4n) is 2.82. The van der Waals surface area contributed by atoms with E-state index in [1.807, 2.05) is 13.2 Å². The van der Waals surface area contributed by atoms with Gasteiger partial charge in [0.15, 0.2) is 0 Å². The van der Waals surface area contributed by atoms with Gasteiger partial charge in [0.1, 0.15) is 5.82 Å². The summed E-state index contributed by atoms with van der Waals surface area (Å²) >= 11 is 0. The molecule has 4 nitrogen and oxygen atoms in total. The van der Waals surface area contributed by atoms with E-state index in [0.717, 1.165) is 24.8 Å². The van der Waals surface area contributed by atoms with Crippen LogP contribution in [0.3, 0.4) is 0 Å².